The maximum Gasteiger partial charge on any atom is 0.350 e. The summed E-state index contributed by atoms with van der Waals surface area (Å²) in [6.45, 7) is 4.94. The van der Waals surface area contributed by atoms with E-state index in [2.05, 4.69) is 5.10 Å². The lowest BCUT2D eigenvalue weighted by atomic mass is 10.3. The van der Waals surface area contributed by atoms with Crippen molar-refractivity contribution in [2.75, 3.05) is 6.61 Å². The van der Waals surface area contributed by atoms with Crippen LogP contribution in [0.1, 0.15) is 20.3 Å². The predicted octanol–water partition coefficient (Wildman–Crippen LogP) is 1.46. The Morgan fingerprint density at radius 2 is 1.83 bits per heavy atom. The summed E-state index contributed by atoms with van der Waals surface area (Å²) in [6, 6.07) is 7.20. The second-order valence-corrected chi connectivity index (χ2v) is 5.10. The van der Waals surface area contributed by atoms with Crippen molar-refractivity contribution in [1.29, 1.82) is 0 Å². The fraction of sp³-hybridized carbons (Fsp3) is 0.312. The minimum absolute atomic E-state index is 0.125. The summed E-state index contributed by atoms with van der Waals surface area (Å²) >= 11 is 0. The summed E-state index contributed by atoms with van der Waals surface area (Å²) in [5.41, 5.74) is 0.194. The Kier molecular flexibility index (Phi) is 4.01. The standard InChI is InChI=1S/C16H18N4O3/c1-3-9-20-16(22)19-11-10-18(15(21)14(19)17-20)12-5-7-13(8-6-12)23-4-2/h5-8,10-11H,3-4,9H2,1-2H3. The minimum atomic E-state index is -0.330. The van der Waals surface area contributed by atoms with Crippen molar-refractivity contribution in [3.8, 4) is 11.4 Å². The highest BCUT2D eigenvalue weighted by atomic mass is 16.5. The van der Waals surface area contributed by atoms with Crippen LogP contribution in [0.5, 0.6) is 5.75 Å². The van der Waals surface area contributed by atoms with Crippen LogP contribution in [0.3, 0.4) is 0 Å². The van der Waals surface area contributed by atoms with Crippen molar-refractivity contribution >= 4 is 5.65 Å². The summed E-state index contributed by atoms with van der Waals surface area (Å²) in [5, 5.41) is 4.14. The van der Waals surface area contributed by atoms with E-state index < -0.39 is 0 Å². The van der Waals surface area contributed by atoms with Crippen LogP contribution in [0, 0.1) is 0 Å². The van der Waals surface area contributed by atoms with Crippen LogP contribution in [0.4, 0.5) is 0 Å². The molecule has 120 valence electrons. The molecule has 0 aliphatic rings. The SMILES string of the molecule is CCCn1nc2c(=O)n(-c3ccc(OCC)cc3)ccn2c1=O. The van der Waals surface area contributed by atoms with Crippen LogP contribution in [-0.2, 0) is 6.54 Å². The second-order valence-electron chi connectivity index (χ2n) is 5.10. The number of hydrogen-bond donors (Lipinski definition) is 0. The van der Waals surface area contributed by atoms with Crippen LogP contribution in [0.15, 0.2) is 46.2 Å². The van der Waals surface area contributed by atoms with Crippen molar-refractivity contribution in [3.05, 3.63) is 57.5 Å². The van der Waals surface area contributed by atoms with Gasteiger partial charge in [0.2, 0.25) is 5.65 Å². The Bertz CT molecular complexity index is 935. The summed E-state index contributed by atoms with van der Waals surface area (Å²) in [5.74, 6) is 0.744. The first kappa shape index (κ1) is 15.1. The summed E-state index contributed by atoms with van der Waals surface area (Å²) in [6.07, 6.45) is 3.91. The Morgan fingerprint density at radius 1 is 1.09 bits per heavy atom. The van der Waals surface area contributed by atoms with Gasteiger partial charge in [0, 0.05) is 24.6 Å². The van der Waals surface area contributed by atoms with E-state index in [-0.39, 0.29) is 16.9 Å². The maximum absolute atomic E-state index is 12.6. The third-order valence-corrected chi connectivity index (χ3v) is 3.51. The molecule has 0 fully saturated rings. The van der Waals surface area contributed by atoms with Gasteiger partial charge in [0.05, 0.1) is 6.61 Å². The molecule has 23 heavy (non-hydrogen) atoms. The van der Waals surface area contributed by atoms with Gasteiger partial charge in [-0.15, -0.1) is 5.10 Å². The second kappa shape index (κ2) is 6.12. The van der Waals surface area contributed by atoms with Gasteiger partial charge < -0.3 is 4.74 Å². The van der Waals surface area contributed by atoms with Crippen LogP contribution in [-0.4, -0.2) is 25.4 Å². The Labute approximate surface area is 132 Å². The van der Waals surface area contributed by atoms with Gasteiger partial charge in [-0.3, -0.25) is 9.36 Å². The average molecular weight is 314 g/mol. The maximum atomic E-state index is 12.6. The van der Waals surface area contributed by atoms with Crippen molar-refractivity contribution in [3.63, 3.8) is 0 Å². The summed E-state index contributed by atoms with van der Waals surface area (Å²) < 4.78 is 9.46. The molecule has 7 heteroatoms. The molecule has 0 aliphatic heterocycles. The number of aromatic nitrogens is 4. The lowest BCUT2D eigenvalue weighted by Gasteiger charge is -2.07. The first-order chi connectivity index (χ1) is 11.2. The first-order valence-corrected chi connectivity index (χ1v) is 7.59. The Morgan fingerprint density at radius 3 is 2.48 bits per heavy atom. The number of hydrogen-bond acceptors (Lipinski definition) is 4. The molecule has 0 atom stereocenters. The van der Waals surface area contributed by atoms with Crippen LogP contribution < -0.4 is 16.0 Å². The first-order valence-electron chi connectivity index (χ1n) is 7.59. The molecule has 0 unspecified atom stereocenters. The van der Waals surface area contributed by atoms with Gasteiger partial charge in [-0.2, -0.15) is 0 Å². The van der Waals surface area contributed by atoms with Crippen molar-refractivity contribution in [2.45, 2.75) is 26.8 Å². The number of benzene rings is 1. The number of ether oxygens (including phenoxy) is 1. The molecule has 0 saturated heterocycles. The van der Waals surface area contributed by atoms with Gasteiger partial charge in [0.1, 0.15) is 5.75 Å². The van der Waals surface area contributed by atoms with E-state index in [4.69, 9.17) is 4.74 Å². The largest absolute Gasteiger partial charge is 0.494 e. The zero-order valence-corrected chi connectivity index (χ0v) is 13.1. The molecule has 0 aliphatic carbocycles. The lowest BCUT2D eigenvalue weighted by Crippen LogP contribution is -2.24. The van der Waals surface area contributed by atoms with E-state index in [1.165, 1.54) is 13.6 Å². The van der Waals surface area contributed by atoms with Gasteiger partial charge in [-0.1, -0.05) is 6.92 Å². The average Bonchev–Trinajstić information content (AvgIpc) is 2.87. The molecular weight excluding hydrogens is 296 g/mol. The van der Waals surface area contributed by atoms with E-state index in [1.807, 2.05) is 13.8 Å². The lowest BCUT2D eigenvalue weighted by molar-refractivity contribution is 0.340. The predicted molar refractivity (Wildman–Crippen MR) is 86.5 cm³/mol. The summed E-state index contributed by atoms with van der Waals surface area (Å²) in [4.78, 5) is 24.7. The summed E-state index contributed by atoms with van der Waals surface area (Å²) in [7, 11) is 0. The van der Waals surface area contributed by atoms with Gasteiger partial charge >= 0.3 is 11.2 Å². The van der Waals surface area contributed by atoms with E-state index in [9.17, 15) is 9.59 Å². The highest BCUT2D eigenvalue weighted by molar-refractivity contribution is 5.42. The highest BCUT2D eigenvalue weighted by Gasteiger charge is 2.12. The monoisotopic (exact) mass is 314 g/mol. The molecule has 0 amide bonds. The molecule has 2 aromatic heterocycles. The fourth-order valence-electron chi connectivity index (χ4n) is 2.44. The number of fused-ring (bicyclic) bond motifs is 1. The van der Waals surface area contributed by atoms with Crippen LogP contribution in [0.25, 0.3) is 11.3 Å². The molecule has 1 aromatic carbocycles. The normalized spacial score (nSPS) is 11.0. The smallest absolute Gasteiger partial charge is 0.350 e. The van der Waals surface area contributed by atoms with Gasteiger partial charge in [-0.05, 0) is 37.6 Å². The molecular formula is C16H18N4O3. The van der Waals surface area contributed by atoms with E-state index in [1.54, 1.807) is 36.7 Å². The number of nitrogens with zero attached hydrogens (tertiary/aromatic N) is 4. The molecule has 0 radical (unpaired) electrons. The van der Waals surface area contributed by atoms with Crippen LogP contribution in [0.2, 0.25) is 0 Å². The molecule has 0 saturated carbocycles. The van der Waals surface area contributed by atoms with Crippen molar-refractivity contribution < 1.29 is 4.74 Å². The van der Waals surface area contributed by atoms with Crippen molar-refractivity contribution in [1.82, 2.24) is 18.7 Å². The zero-order chi connectivity index (χ0) is 16.4. The molecule has 0 N–H and O–H groups in total. The van der Waals surface area contributed by atoms with Crippen molar-refractivity contribution in [2.24, 2.45) is 0 Å². The van der Waals surface area contributed by atoms with E-state index >= 15 is 0 Å². The molecule has 0 spiro atoms. The third-order valence-electron chi connectivity index (χ3n) is 3.51. The van der Waals surface area contributed by atoms with Gasteiger partial charge in [-0.25, -0.2) is 13.9 Å². The molecule has 3 rings (SSSR count). The highest BCUT2D eigenvalue weighted by Crippen LogP contribution is 2.14. The molecule has 3 aromatic rings. The Hall–Kier alpha value is -2.83. The zero-order valence-electron chi connectivity index (χ0n) is 13.1. The number of rotatable bonds is 5. The molecule has 2 heterocycles. The molecule has 7 nitrogen and oxygen atoms in total. The van der Waals surface area contributed by atoms with E-state index in [0.29, 0.717) is 18.8 Å². The van der Waals surface area contributed by atoms with Crippen LogP contribution >= 0.6 is 0 Å². The number of aryl methyl sites for hydroxylation is 1. The third kappa shape index (κ3) is 2.65. The topological polar surface area (TPSA) is 70.5 Å². The molecule has 0 bridgehead atoms. The minimum Gasteiger partial charge on any atom is -0.494 e. The van der Waals surface area contributed by atoms with Gasteiger partial charge in [0.15, 0.2) is 0 Å². The van der Waals surface area contributed by atoms with E-state index in [0.717, 1.165) is 12.2 Å². The quantitative estimate of drug-likeness (QED) is 0.715. The van der Waals surface area contributed by atoms with Gasteiger partial charge in [0.25, 0.3) is 0 Å². The Balaban J connectivity index is 2.10. The fourth-order valence-corrected chi connectivity index (χ4v) is 2.44.